The summed E-state index contributed by atoms with van der Waals surface area (Å²) in [7, 11) is 0. The summed E-state index contributed by atoms with van der Waals surface area (Å²) >= 11 is 0. The molecule has 0 fully saturated rings. The second kappa shape index (κ2) is 5.75. The summed E-state index contributed by atoms with van der Waals surface area (Å²) in [4.78, 5) is 11.6. The Kier molecular flexibility index (Phi) is 4.03. The molecule has 0 saturated heterocycles. The van der Waals surface area contributed by atoms with Gasteiger partial charge in [-0.25, -0.2) is 4.79 Å². The lowest BCUT2D eigenvalue weighted by Gasteiger charge is -2.16. The van der Waals surface area contributed by atoms with Crippen molar-refractivity contribution in [1.82, 2.24) is 0 Å². The Hall–Kier alpha value is -2.69. The molecule has 0 bridgehead atoms. The molecule has 5 heteroatoms. The molecule has 0 aliphatic heterocycles. The van der Waals surface area contributed by atoms with E-state index in [0.29, 0.717) is 11.1 Å². The summed E-state index contributed by atoms with van der Waals surface area (Å²) in [6.45, 7) is 3.55. The highest BCUT2D eigenvalue weighted by Crippen LogP contribution is 2.36. The number of rotatable bonds is 4. The first-order valence-electron chi connectivity index (χ1n) is 6.45. The molecule has 0 saturated carbocycles. The highest BCUT2D eigenvalue weighted by atomic mass is 16.5. The molecule has 0 aliphatic carbocycles. The summed E-state index contributed by atoms with van der Waals surface area (Å²) in [5.41, 5.74) is 0.875. The fraction of sp³-hybridized carbons (Fsp3) is 0.188. The Morgan fingerprint density at radius 3 is 2.19 bits per heavy atom. The van der Waals surface area contributed by atoms with Crippen molar-refractivity contribution in [3.8, 4) is 28.4 Å². The molecular formula is C16H16O5. The van der Waals surface area contributed by atoms with E-state index in [-0.39, 0.29) is 28.9 Å². The van der Waals surface area contributed by atoms with E-state index in [1.165, 1.54) is 24.3 Å². The van der Waals surface area contributed by atoms with Gasteiger partial charge in [0, 0.05) is 11.6 Å². The summed E-state index contributed by atoms with van der Waals surface area (Å²) in [5.74, 6) is -1.04. The average molecular weight is 288 g/mol. The molecule has 3 N–H and O–H groups in total. The van der Waals surface area contributed by atoms with E-state index in [1.807, 2.05) is 0 Å². The number of benzene rings is 2. The van der Waals surface area contributed by atoms with E-state index in [2.05, 4.69) is 0 Å². The average Bonchev–Trinajstić information content (AvgIpc) is 2.37. The minimum Gasteiger partial charge on any atom is -0.508 e. The smallest absolute Gasteiger partial charge is 0.340 e. The number of aromatic carboxylic acids is 1. The normalized spacial score (nSPS) is 10.6. The Morgan fingerprint density at radius 2 is 1.67 bits per heavy atom. The summed E-state index contributed by atoms with van der Waals surface area (Å²) in [6.07, 6.45) is -0.224. The predicted octanol–water partition coefficient (Wildman–Crippen LogP) is 3.25. The number of hydrogen-bond donors (Lipinski definition) is 3. The minimum absolute atomic E-state index is 0.0211. The van der Waals surface area contributed by atoms with Gasteiger partial charge in [0.05, 0.1) is 6.10 Å². The van der Waals surface area contributed by atoms with Crippen LogP contribution in [0.2, 0.25) is 0 Å². The molecule has 110 valence electrons. The van der Waals surface area contributed by atoms with Gasteiger partial charge in [-0.05, 0) is 37.6 Å². The molecule has 2 rings (SSSR count). The van der Waals surface area contributed by atoms with E-state index in [0.717, 1.165) is 0 Å². The Labute approximate surface area is 122 Å². The van der Waals surface area contributed by atoms with Crippen molar-refractivity contribution in [2.75, 3.05) is 0 Å². The molecule has 0 aliphatic rings. The number of carboxylic acid groups (broad SMARTS) is 1. The number of phenols is 2. The largest absolute Gasteiger partial charge is 0.508 e. The lowest BCUT2D eigenvalue weighted by Crippen LogP contribution is -2.11. The van der Waals surface area contributed by atoms with Crippen LogP contribution in [0.3, 0.4) is 0 Å². The van der Waals surface area contributed by atoms with Gasteiger partial charge in [0.2, 0.25) is 0 Å². The fourth-order valence-electron chi connectivity index (χ4n) is 2.04. The third-order valence-electron chi connectivity index (χ3n) is 2.84. The highest BCUT2D eigenvalue weighted by molar-refractivity contribution is 5.99. The maximum Gasteiger partial charge on any atom is 0.340 e. The van der Waals surface area contributed by atoms with E-state index in [4.69, 9.17) is 4.74 Å². The molecule has 0 heterocycles. The first-order chi connectivity index (χ1) is 9.88. The lowest BCUT2D eigenvalue weighted by molar-refractivity contribution is 0.0691. The maximum absolute atomic E-state index is 11.6. The van der Waals surface area contributed by atoms with Crippen LogP contribution < -0.4 is 4.74 Å². The van der Waals surface area contributed by atoms with Gasteiger partial charge in [-0.1, -0.05) is 12.1 Å². The third-order valence-corrected chi connectivity index (χ3v) is 2.84. The van der Waals surface area contributed by atoms with Gasteiger partial charge in [-0.3, -0.25) is 0 Å². The topological polar surface area (TPSA) is 87.0 Å². The Balaban J connectivity index is 2.66. The molecule has 0 amide bonds. The van der Waals surface area contributed by atoms with Crippen LogP contribution in [0.25, 0.3) is 11.1 Å². The van der Waals surface area contributed by atoms with Gasteiger partial charge in [-0.2, -0.15) is 0 Å². The van der Waals surface area contributed by atoms with Gasteiger partial charge in [-0.15, -0.1) is 0 Å². The molecular weight excluding hydrogens is 272 g/mol. The monoisotopic (exact) mass is 288 g/mol. The van der Waals surface area contributed by atoms with Crippen LogP contribution in [-0.2, 0) is 0 Å². The zero-order valence-corrected chi connectivity index (χ0v) is 11.7. The van der Waals surface area contributed by atoms with E-state index >= 15 is 0 Å². The minimum atomic E-state index is -1.14. The first-order valence-corrected chi connectivity index (χ1v) is 6.45. The van der Waals surface area contributed by atoms with Crippen LogP contribution in [0.15, 0.2) is 36.4 Å². The molecule has 21 heavy (non-hydrogen) atoms. The zero-order chi connectivity index (χ0) is 15.6. The van der Waals surface area contributed by atoms with Crippen LogP contribution in [0.4, 0.5) is 0 Å². The highest BCUT2D eigenvalue weighted by Gasteiger charge is 2.20. The van der Waals surface area contributed by atoms with E-state index < -0.39 is 5.97 Å². The van der Waals surface area contributed by atoms with Crippen molar-refractivity contribution in [2.24, 2.45) is 0 Å². The van der Waals surface area contributed by atoms with Crippen LogP contribution in [-0.4, -0.2) is 27.4 Å². The predicted molar refractivity (Wildman–Crippen MR) is 77.9 cm³/mol. The summed E-state index contributed by atoms with van der Waals surface area (Å²) in [6, 6.07) is 8.71. The van der Waals surface area contributed by atoms with Crippen LogP contribution in [0, 0.1) is 0 Å². The van der Waals surface area contributed by atoms with Crippen molar-refractivity contribution in [3.05, 3.63) is 42.0 Å². The molecule has 2 aromatic carbocycles. The van der Waals surface area contributed by atoms with Crippen LogP contribution in [0.1, 0.15) is 24.2 Å². The number of carboxylic acids is 1. The number of aromatic hydroxyl groups is 2. The number of hydrogen-bond acceptors (Lipinski definition) is 4. The molecule has 0 unspecified atom stereocenters. The zero-order valence-electron chi connectivity index (χ0n) is 11.7. The second-order valence-electron chi connectivity index (χ2n) is 4.89. The number of phenolic OH excluding ortho intramolecular Hbond substituents is 2. The van der Waals surface area contributed by atoms with E-state index in [1.54, 1.807) is 26.0 Å². The summed E-state index contributed by atoms with van der Waals surface area (Å²) < 4.78 is 5.48. The SMILES string of the molecule is CC(C)Oc1cc(O)cc(-c2ccc(O)cc2)c1C(=O)O. The lowest BCUT2D eigenvalue weighted by atomic mass is 9.98. The standard InChI is InChI=1S/C16H16O5/c1-9(2)21-14-8-12(18)7-13(15(14)16(19)20)10-3-5-11(17)6-4-10/h3-9,17-18H,1-2H3,(H,19,20). The van der Waals surface area contributed by atoms with Gasteiger partial charge in [0.25, 0.3) is 0 Å². The molecule has 0 radical (unpaired) electrons. The number of ether oxygens (including phenoxy) is 1. The van der Waals surface area contributed by atoms with Crippen molar-refractivity contribution in [2.45, 2.75) is 20.0 Å². The van der Waals surface area contributed by atoms with Crippen molar-refractivity contribution in [3.63, 3.8) is 0 Å². The van der Waals surface area contributed by atoms with Gasteiger partial charge < -0.3 is 20.1 Å². The molecule has 0 spiro atoms. The van der Waals surface area contributed by atoms with E-state index in [9.17, 15) is 20.1 Å². The van der Waals surface area contributed by atoms with Crippen LogP contribution >= 0.6 is 0 Å². The molecule has 0 aromatic heterocycles. The quantitative estimate of drug-likeness (QED) is 0.804. The van der Waals surface area contributed by atoms with Crippen molar-refractivity contribution in [1.29, 1.82) is 0 Å². The summed E-state index contributed by atoms with van der Waals surface area (Å²) in [5, 5.41) is 28.6. The third kappa shape index (κ3) is 3.25. The maximum atomic E-state index is 11.6. The Bertz CT molecular complexity index is 659. The Morgan fingerprint density at radius 1 is 1.05 bits per heavy atom. The fourth-order valence-corrected chi connectivity index (χ4v) is 2.04. The number of carbonyl (C=O) groups is 1. The van der Waals surface area contributed by atoms with Gasteiger partial charge in [0.15, 0.2) is 0 Å². The van der Waals surface area contributed by atoms with Gasteiger partial charge >= 0.3 is 5.97 Å². The van der Waals surface area contributed by atoms with Crippen LogP contribution in [0.5, 0.6) is 17.2 Å². The van der Waals surface area contributed by atoms with Crippen molar-refractivity contribution < 1.29 is 24.9 Å². The molecule has 2 aromatic rings. The second-order valence-corrected chi connectivity index (χ2v) is 4.89. The first kappa shape index (κ1) is 14.7. The molecule has 5 nitrogen and oxygen atoms in total. The molecule has 0 atom stereocenters. The van der Waals surface area contributed by atoms with Crippen molar-refractivity contribution >= 4 is 5.97 Å². The van der Waals surface area contributed by atoms with Gasteiger partial charge in [0.1, 0.15) is 22.8 Å².